The van der Waals surface area contributed by atoms with E-state index in [-0.39, 0.29) is 54.3 Å². The summed E-state index contributed by atoms with van der Waals surface area (Å²) in [7, 11) is 0. The maximum Gasteiger partial charge on any atom is 0.162 e. The number of carbonyl (C=O) groups excluding carboxylic acids is 1. The molecular formula is C48H58IrN3O2-. The third-order valence-corrected chi connectivity index (χ3v) is 11.0. The van der Waals surface area contributed by atoms with E-state index in [1.807, 2.05) is 27.7 Å². The van der Waals surface area contributed by atoms with Crippen LogP contribution in [0.4, 0.5) is 0 Å². The summed E-state index contributed by atoms with van der Waals surface area (Å²) in [6.07, 6.45) is 8.68. The van der Waals surface area contributed by atoms with E-state index in [1.54, 1.807) is 6.33 Å². The molecule has 1 N–H and O–H groups in total. The third-order valence-electron chi connectivity index (χ3n) is 11.0. The molecule has 0 fully saturated rings. The van der Waals surface area contributed by atoms with Crippen LogP contribution in [0.2, 0.25) is 0 Å². The molecule has 4 heterocycles. The molecule has 0 aliphatic rings. The van der Waals surface area contributed by atoms with Gasteiger partial charge in [0.1, 0.15) is 6.33 Å². The van der Waals surface area contributed by atoms with Crippen molar-refractivity contribution in [3.63, 3.8) is 0 Å². The molecule has 0 aliphatic heterocycles. The zero-order valence-electron chi connectivity index (χ0n) is 34.2. The average Bonchev–Trinajstić information content (AvgIpc) is 3.38. The van der Waals surface area contributed by atoms with E-state index >= 15 is 0 Å². The van der Waals surface area contributed by atoms with E-state index in [9.17, 15) is 9.90 Å². The molecule has 1 radical (unpaired) electrons. The number of aliphatic hydroxyl groups excluding tert-OH is 1. The van der Waals surface area contributed by atoms with Crippen molar-refractivity contribution in [1.29, 1.82) is 0 Å². The number of allylic oxidation sites excluding steroid dienone is 2. The van der Waals surface area contributed by atoms with Crippen LogP contribution in [-0.2, 0) is 37.7 Å². The molecule has 0 atom stereocenters. The van der Waals surface area contributed by atoms with Crippen molar-refractivity contribution >= 4 is 65.7 Å². The van der Waals surface area contributed by atoms with E-state index in [0.29, 0.717) is 0 Å². The van der Waals surface area contributed by atoms with Crippen LogP contribution >= 0.6 is 0 Å². The second-order valence-corrected chi connectivity index (χ2v) is 17.6. The number of benzene rings is 3. The van der Waals surface area contributed by atoms with Crippen LogP contribution in [0.25, 0.3) is 59.9 Å². The van der Waals surface area contributed by atoms with Gasteiger partial charge in [0.05, 0.1) is 22.3 Å². The summed E-state index contributed by atoms with van der Waals surface area (Å²) in [4.78, 5) is 21.5. The van der Waals surface area contributed by atoms with Crippen LogP contribution < -0.4 is 0 Å². The molecule has 0 spiro atoms. The Morgan fingerprint density at radius 2 is 1.41 bits per heavy atom. The Morgan fingerprint density at radius 1 is 0.778 bits per heavy atom. The monoisotopic (exact) mass is 901 g/mol. The number of hydrogen-bond acceptors (Lipinski definition) is 4. The largest absolute Gasteiger partial charge is 0.512 e. The molecule has 0 unspecified atom stereocenters. The van der Waals surface area contributed by atoms with Gasteiger partial charge in [-0.3, -0.25) is 9.78 Å². The number of nitrogens with zero attached hydrogens (tertiary/aromatic N) is 3. The topological polar surface area (TPSA) is 67.5 Å². The maximum absolute atomic E-state index is 11.7. The van der Waals surface area contributed by atoms with Crippen LogP contribution in [0.5, 0.6) is 0 Å². The fourth-order valence-electron chi connectivity index (χ4n) is 8.32. The standard InChI is InChI=1S/C35H34N3.C13H24O2.Ir/c1-20-28(18-35(5,6)7)32-26-14-21(17-34(2,3)4)12-13-24(26)29-33-30(37-19-36-29)25-15-22-10-8-9-11-23(22)16-27(25)31(20)38(32)33;1-5-10(6-2)12(14)9-13(15)11(7-3)8-4;/h8-14,16,19H,17-18H2,1-7H3;9-11,14H,5-8H2,1-4H3;/q-1;;/b;12-9-;. The van der Waals surface area contributed by atoms with Crippen molar-refractivity contribution in [3.05, 3.63) is 89.5 Å². The summed E-state index contributed by atoms with van der Waals surface area (Å²) < 4.78 is 2.50. The summed E-state index contributed by atoms with van der Waals surface area (Å²) in [6.45, 7) is 24.3. The minimum absolute atomic E-state index is 0. The van der Waals surface area contributed by atoms with Gasteiger partial charge in [0, 0.05) is 59.8 Å². The Labute approximate surface area is 335 Å². The van der Waals surface area contributed by atoms with Crippen molar-refractivity contribution in [3.8, 4) is 0 Å². The predicted octanol–water partition coefficient (Wildman–Crippen LogP) is 13.1. The van der Waals surface area contributed by atoms with Gasteiger partial charge in [0.2, 0.25) is 0 Å². The maximum atomic E-state index is 11.7. The number of rotatable bonds is 9. The molecule has 54 heavy (non-hydrogen) atoms. The molecular weight excluding hydrogens is 843 g/mol. The number of ketones is 1. The molecule has 3 aromatic carbocycles. The number of aliphatic hydroxyl groups is 1. The predicted molar refractivity (Wildman–Crippen MR) is 225 cm³/mol. The minimum Gasteiger partial charge on any atom is -0.512 e. The molecule has 5 nitrogen and oxygen atoms in total. The fourth-order valence-corrected chi connectivity index (χ4v) is 8.32. The van der Waals surface area contributed by atoms with Gasteiger partial charge in [-0.25, -0.2) is 4.98 Å². The smallest absolute Gasteiger partial charge is 0.162 e. The second kappa shape index (κ2) is 16.1. The van der Waals surface area contributed by atoms with Crippen LogP contribution in [-0.4, -0.2) is 25.3 Å². The number of carbonyl (C=O) groups is 1. The van der Waals surface area contributed by atoms with E-state index in [0.717, 1.165) is 65.8 Å². The van der Waals surface area contributed by atoms with Gasteiger partial charge >= 0.3 is 0 Å². The van der Waals surface area contributed by atoms with Crippen LogP contribution in [0.1, 0.15) is 112 Å². The van der Waals surface area contributed by atoms with Crippen molar-refractivity contribution in [2.75, 3.05) is 0 Å². The molecule has 287 valence electrons. The summed E-state index contributed by atoms with van der Waals surface area (Å²) in [5.41, 5.74) is 10.2. The first-order chi connectivity index (χ1) is 25.1. The van der Waals surface area contributed by atoms with E-state index in [2.05, 4.69) is 107 Å². The third kappa shape index (κ3) is 7.93. The van der Waals surface area contributed by atoms with Crippen molar-refractivity contribution in [2.45, 2.75) is 115 Å². The molecule has 0 saturated carbocycles. The van der Waals surface area contributed by atoms with Gasteiger partial charge in [0.25, 0.3) is 0 Å². The first-order valence-electron chi connectivity index (χ1n) is 19.7. The normalized spacial score (nSPS) is 12.9. The zero-order chi connectivity index (χ0) is 38.4. The first kappa shape index (κ1) is 41.3. The quantitative estimate of drug-likeness (QED) is 0.0515. The van der Waals surface area contributed by atoms with Crippen LogP contribution in [0.3, 0.4) is 0 Å². The molecule has 0 amide bonds. The molecule has 6 heteroatoms. The van der Waals surface area contributed by atoms with Crippen LogP contribution in [0.15, 0.2) is 66.7 Å². The number of fused-ring (bicyclic) bond motifs is 7. The van der Waals surface area contributed by atoms with E-state index in [4.69, 9.17) is 9.97 Å². The molecule has 7 aromatic rings. The van der Waals surface area contributed by atoms with Crippen molar-refractivity contribution < 1.29 is 30.0 Å². The fraction of sp³-hybridized carbons (Fsp3) is 0.438. The van der Waals surface area contributed by atoms with E-state index < -0.39 is 0 Å². The zero-order valence-corrected chi connectivity index (χ0v) is 36.6. The Kier molecular flexibility index (Phi) is 12.3. The minimum atomic E-state index is 0. The summed E-state index contributed by atoms with van der Waals surface area (Å²) >= 11 is 0. The Balaban J connectivity index is 0.000000301. The average molecular weight is 901 g/mol. The molecule has 0 bridgehead atoms. The van der Waals surface area contributed by atoms with Crippen molar-refractivity contribution in [1.82, 2.24) is 14.4 Å². The first-order valence-corrected chi connectivity index (χ1v) is 19.7. The summed E-state index contributed by atoms with van der Waals surface area (Å²) in [5.74, 6) is 0.547. The van der Waals surface area contributed by atoms with Crippen molar-refractivity contribution in [2.24, 2.45) is 22.7 Å². The number of aromatic nitrogens is 3. The molecule has 4 aromatic heterocycles. The van der Waals surface area contributed by atoms with Gasteiger partial charge in [-0.1, -0.05) is 116 Å². The summed E-state index contributed by atoms with van der Waals surface area (Å²) in [6, 6.07) is 21.6. The van der Waals surface area contributed by atoms with E-state index in [1.165, 1.54) is 55.3 Å². The molecule has 7 rings (SSSR count). The Bertz CT molecular complexity index is 2470. The number of aryl methyl sites for hydroxylation is 1. The summed E-state index contributed by atoms with van der Waals surface area (Å²) in [5, 5.41) is 16.9. The number of hydrogen-bond donors (Lipinski definition) is 1. The van der Waals surface area contributed by atoms with Gasteiger partial charge in [-0.05, 0) is 79.0 Å². The number of pyridine rings is 2. The Hall–Kier alpha value is -3.86. The van der Waals surface area contributed by atoms with Gasteiger partial charge in [-0.2, -0.15) is 0 Å². The van der Waals surface area contributed by atoms with Crippen LogP contribution in [0, 0.1) is 35.7 Å². The SMILES string of the molecule is CCC(CC)C(=O)/C=C(\O)C(CC)CC.Cc1c(CC(C)(C)C)c2c3cc(CC(C)(C)C)ccc3c3ncnc4c5[c-]c6ccccc6cc5c1n2c43.[Ir]. The Morgan fingerprint density at radius 3 is 2.04 bits per heavy atom. The van der Waals surface area contributed by atoms with Gasteiger partial charge in [0.15, 0.2) is 5.78 Å². The van der Waals surface area contributed by atoms with Gasteiger partial charge < -0.3 is 9.51 Å². The van der Waals surface area contributed by atoms with Gasteiger partial charge in [-0.15, -0.1) is 23.6 Å². The molecule has 0 aliphatic carbocycles. The molecule has 0 saturated heterocycles. The second-order valence-electron chi connectivity index (χ2n) is 17.6.